The zero-order valence-corrected chi connectivity index (χ0v) is 9.76. The van der Waals surface area contributed by atoms with Crippen molar-refractivity contribution in [2.24, 2.45) is 0 Å². The van der Waals surface area contributed by atoms with Crippen molar-refractivity contribution < 1.29 is 4.42 Å². The average molecular weight is 236 g/mol. The Labute approximate surface area is 99.6 Å². The summed E-state index contributed by atoms with van der Waals surface area (Å²) in [5.74, 6) is 0. The fourth-order valence-electron chi connectivity index (χ4n) is 1.95. The highest BCUT2D eigenvalue weighted by Crippen LogP contribution is 2.25. The number of fused-ring (bicyclic) bond motifs is 1. The molecule has 1 N–H and O–H groups in total. The molecular formula is C13H14ClNO. The summed E-state index contributed by atoms with van der Waals surface area (Å²) in [7, 11) is 0. The first-order chi connectivity index (χ1) is 7.83. The molecule has 1 aromatic carbocycles. The van der Waals surface area contributed by atoms with E-state index in [1.807, 2.05) is 24.5 Å². The van der Waals surface area contributed by atoms with Crippen LogP contribution >= 0.6 is 11.6 Å². The van der Waals surface area contributed by atoms with Gasteiger partial charge in [-0.25, -0.2) is 0 Å². The molecule has 1 saturated carbocycles. The van der Waals surface area contributed by atoms with E-state index in [0.29, 0.717) is 0 Å². The Morgan fingerprint density at radius 2 is 2.25 bits per heavy atom. The van der Waals surface area contributed by atoms with E-state index in [4.69, 9.17) is 16.0 Å². The van der Waals surface area contributed by atoms with Crippen LogP contribution in [0.15, 0.2) is 28.9 Å². The third-order valence-electron chi connectivity index (χ3n) is 3.02. The summed E-state index contributed by atoms with van der Waals surface area (Å²) in [4.78, 5) is 0. The van der Waals surface area contributed by atoms with E-state index in [-0.39, 0.29) is 0 Å². The Bertz CT molecular complexity index is 502. The lowest BCUT2D eigenvalue weighted by Gasteiger charge is -2.00. The smallest absolute Gasteiger partial charge is 0.134 e. The monoisotopic (exact) mass is 235 g/mol. The summed E-state index contributed by atoms with van der Waals surface area (Å²) in [6, 6.07) is 6.53. The van der Waals surface area contributed by atoms with Crippen molar-refractivity contribution in [1.82, 2.24) is 5.32 Å². The maximum Gasteiger partial charge on any atom is 0.134 e. The van der Waals surface area contributed by atoms with Crippen molar-refractivity contribution in [3.8, 4) is 0 Å². The van der Waals surface area contributed by atoms with Crippen LogP contribution in [0.1, 0.15) is 18.4 Å². The Balaban J connectivity index is 1.76. The predicted molar refractivity (Wildman–Crippen MR) is 66.0 cm³/mol. The third kappa shape index (κ3) is 2.08. The van der Waals surface area contributed by atoms with Crippen LogP contribution < -0.4 is 5.32 Å². The van der Waals surface area contributed by atoms with Gasteiger partial charge in [0.05, 0.1) is 6.26 Å². The van der Waals surface area contributed by atoms with Gasteiger partial charge in [0.15, 0.2) is 0 Å². The molecule has 0 spiro atoms. The number of hydrogen-bond donors (Lipinski definition) is 1. The van der Waals surface area contributed by atoms with Gasteiger partial charge < -0.3 is 9.73 Å². The van der Waals surface area contributed by atoms with E-state index in [1.165, 1.54) is 18.4 Å². The van der Waals surface area contributed by atoms with Gasteiger partial charge in [0.1, 0.15) is 5.58 Å². The number of furan rings is 1. The molecule has 1 fully saturated rings. The highest BCUT2D eigenvalue weighted by Gasteiger charge is 2.19. The van der Waals surface area contributed by atoms with Gasteiger partial charge >= 0.3 is 0 Å². The van der Waals surface area contributed by atoms with Gasteiger partial charge in [-0.2, -0.15) is 0 Å². The summed E-state index contributed by atoms with van der Waals surface area (Å²) >= 11 is 5.98. The minimum Gasteiger partial charge on any atom is -0.464 e. The molecule has 0 saturated heterocycles. The SMILES string of the molecule is Clc1ccc2occ(CCNC3CC3)c2c1. The molecule has 1 aliphatic rings. The number of rotatable bonds is 4. The second kappa shape index (κ2) is 4.11. The van der Waals surface area contributed by atoms with Crippen molar-refractivity contribution in [1.29, 1.82) is 0 Å². The van der Waals surface area contributed by atoms with Gasteiger partial charge in [-0.05, 0) is 49.6 Å². The Morgan fingerprint density at radius 1 is 1.38 bits per heavy atom. The fraction of sp³-hybridized carbons (Fsp3) is 0.385. The highest BCUT2D eigenvalue weighted by atomic mass is 35.5. The lowest BCUT2D eigenvalue weighted by Crippen LogP contribution is -2.19. The molecule has 0 amide bonds. The maximum atomic E-state index is 5.98. The van der Waals surface area contributed by atoms with Crippen LogP contribution in [-0.4, -0.2) is 12.6 Å². The normalized spacial score (nSPS) is 15.8. The Hall–Kier alpha value is -0.990. The molecule has 1 aliphatic carbocycles. The van der Waals surface area contributed by atoms with Crippen LogP contribution in [-0.2, 0) is 6.42 Å². The first-order valence-corrected chi connectivity index (χ1v) is 6.10. The summed E-state index contributed by atoms with van der Waals surface area (Å²) in [6.07, 6.45) is 5.51. The van der Waals surface area contributed by atoms with Gasteiger partial charge in [0, 0.05) is 16.5 Å². The van der Waals surface area contributed by atoms with Crippen molar-refractivity contribution in [3.63, 3.8) is 0 Å². The molecule has 0 bridgehead atoms. The molecule has 0 atom stereocenters. The van der Waals surface area contributed by atoms with Crippen LogP contribution in [0.25, 0.3) is 11.0 Å². The molecule has 1 aromatic heterocycles. The average Bonchev–Trinajstić information content (AvgIpc) is 3.01. The largest absolute Gasteiger partial charge is 0.464 e. The quantitative estimate of drug-likeness (QED) is 0.879. The number of nitrogens with one attached hydrogen (secondary N) is 1. The van der Waals surface area contributed by atoms with Gasteiger partial charge in [-0.15, -0.1) is 0 Å². The highest BCUT2D eigenvalue weighted by molar-refractivity contribution is 6.31. The van der Waals surface area contributed by atoms with Crippen LogP contribution in [0, 0.1) is 0 Å². The van der Waals surface area contributed by atoms with E-state index in [2.05, 4.69) is 5.32 Å². The first kappa shape index (κ1) is 10.2. The summed E-state index contributed by atoms with van der Waals surface area (Å²) < 4.78 is 5.49. The van der Waals surface area contributed by atoms with Crippen molar-refractivity contribution >= 4 is 22.6 Å². The molecule has 0 unspecified atom stereocenters. The zero-order chi connectivity index (χ0) is 11.0. The number of halogens is 1. The molecule has 16 heavy (non-hydrogen) atoms. The lowest BCUT2D eigenvalue weighted by atomic mass is 10.1. The lowest BCUT2D eigenvalue weighted by molar-refractivity contribution is 0.605. The van der Waals surface area contributed by atoms with Gasteiger partial charge in [-0.3, -0.25) is 0 Å². The van der Waals surface area contributed by atoms with E-state index in [0.717, 1.165) is 35.0 Å². The predicted octanol–water partition coefficient (Wildman–Crippen LogP) is 3.38. The van der Waals surface area contributed by atoms with Crippen LogP contribution in [0.4, 0.5) is 0 Å². The summed E-state index contributed by atoms with van der Waals surface area (Å²) in [5, 5.41) is 5.41. The Kier molecular flexibility index (Phi) is 2.62. The van der Waals surface area contributed by atoms with Gasteiger partial charge in [0.25, 0.3) is 0 Å². The minimum absolute atomic E-state index is 0.766. The van der Waals surface area contributed by atoms with Gasteiger partial charge in [-0.1, -0.05) is 11.6 Å². The van der Waals surface area contributed by atoms with Crippen molar-refractivity contribution in [2.45, 2.75) is 25.3 Å². The molecule has 1 heterocycles. The third-order valence-corrected chi connectivity index (χ3v) is 3.26. The van der Waals surface area contributed by atoms with Crippen LogP contribution in [0.2, 0.25) is 5.02 Å². The van der Waals surface area contributed by atoms with E-state index < -0.39 is 0 Å². The second-order valence-electron chi connectivity index (χ2n) is 4.38. The number of benzene rings is 1. The maximum absolute atomic E-state index is 5.98. The summed E-state index contributed by atoms with van der Waals surface area (Å²) in [5.41, 5.74) is 2.16. The van der Waals surface area contributed by atoms with Crippen LogP contribution in [0.5, 0.6) is 0 Å². The molecule has 3 heteroatoms. The van der Waals surface area contributed by atoms with E-state index >= 15 is 0 Å². The molecule has 84 valence electrons. The van der Waals surface area contributed by atoms with Crippen molar-refractivity contribution in [3.05, 3.63) is 35.0 Å². The van der Waals surface area contributed by atoms with E-state index in [9.17, 15) is 0 Å². The molecule has 0 aliphatic heterocycles. The first-order valence-electron chi connectivity index (χ1n) is 5.72. The van der Waals surface area contributed by atoms with E-state index in [1.54, 1.807) is 0 Å². The van der Waals surface area contributed by atoms with Gasteiger partial charge in [0.2, 0.25) is 0 Å². The standard InChI is InChI=1S/C13H14ClNO/c14-10-1-4-13-12(7-10)9(8-16-13)5-6-15-11-2-3-11/h1,4,7-8,11,15H,2-3,5-6H2. The minimum atomic E-state index is 0.766. The molecular weight excluding hydrogens is 222 g/mol. The molecule has 2 aromatic rings. The Morgan fingerprint density at radius 3 is 3.06 bits per heavy atom. The molecule has 0 radical (unpaired) electrons. The van der Waals surface area contributed by atoms with Crippen LogP contribution in [0.3, 0.4) is 0 Å². The summed E-state index contributed by atoms with van der Waals surface area (Å²) in [6.45, 7) is 1.02. The zero-order valence-electron chi connectivity index (χ0n) is 9.00. The van der Waals surface area contributed by atoms with Crippen molar-refractivity contribution in [2.75, 3.05) is 6.54 Å². The molecule has 2 nitrogen and oxygen atoms in total. The number of hydrogen-bond acceptors (Lipinski definition) is 2. The molecule has 3 rings (SSSR count). The fourth-order valence-corrected chi connectivity index (χ4v) is 2.12. The topological polar surface area (TPSA) is 25.2 Å². The second-order valence-corrected chi connectivity index (χ2v) is 4.82.